The first-order valence-corrected chi connectivity index (χ1v) is 10.8. The minimum atomic E-state index is -0.121. The molecule has 5 aromatic rings. The molecule has 2 aromatic carbocycles. The summed E-state index contributed by atoms with van der Waals surface area (Å²) in [6.07, 6.45) is 4.19. The van der Waals surface area contributed by atoms with E-state index in [1.54, 1.807) is 28.6 Å². The lowest BCUT2D eigenvalue weighted by Gasteiger charge is -2.11. The highest BCUT2D eigenvalue weighted by molar-refractivity contribution is 6.30. The first-order chi connectivity index (χ1) is 15.6. The van der Waals surface area contributed by atoms with Gasteiger partial charge in [0, 0.05) is 28.5 Å². The van der Waals surface area contributed by atoms with E-state index in [2.05, 4.69) is 11.9 Å². The van der Waals surface area contributed by atoms with Crippen molar-refractivity contribution in [3.8, 4) is 16.9 Å². The summed E-state index contributed by atoms with van der Waals surface area (Å²) in [7, 11) is 1.63. The van der Waals surface area contributed by atoms with Crippen LogP contribution in [0.5, 0.6) is 5.75 Å². The van der Waals surface area contributed by atoms with Crippen LogP contribution in [0.4, 0.5) is 0 Å². The third-order valence-electron chi connectivity index (χ3n) is 5.66. The van der Waals surface area contributed by atoms with E-state index in [1.165, 1.54) is 0 Å². The molecular formula is C25H21ClN4O2. The second-order valence-electron chi connectivity index (χ2n) is 7.54. The van der Waals surface area contributed by atoms with Crippen LogP contribution in [0.1, 0.15) is 18.2 Å². The predicted octanol–water partition coefficient (Wildman–Crippen LogP) is 4.98. The van der Waals surface area contributed by atoms with E-state index in [1.807, 2.05) is 54.6 Å². The number of para-hydroxylation sites is 1. The van der Waals surface area contributed by atoms with Crippen molar-refractivity contribution in [2.75, 3.05) is 7.11 Å². The van der Waals surface area contributed by atoms with Gasteiger partial charge in [-0.15, -0.1) is 0 Å². The van der Waals surface area contributed by atoms with Crippen molar-refractivity contribution in [2.24, 2.45) is 0 Å². The van der Waals surface area contributed by atoms with Crippen LogP contribution in [0.25, 0.3) is 27.7 Å². The van der Waals surface area contributed by atoms with E-state index in [0.717, 1.165) is 45.7 Å². The van der Waals surface area contributed by atoms with Gasteiger partial charge in [-0.2, -0.15) is 5.10 Å². The molecule has 6 nitrogen and oxygen atoms in total. The molecule has 0 saturated carbocycles. The molecule has 3 heterocycles. The third kappa shape index (κ3) is 3.33. The first kappa shape index (κ1) is 20.3. The SMILES string of the molecule is CCc1nn2c(ncc3c(=O)n(Cc4ccccc4OC)ccc32)c1-c1ccc(Cl)cc1. The normalized spacial score (nSPS) is 11.3. The van der Waals surface area contributed by atoms with Gasteiger partial charge in [0.05, 0.1) is 30.3 Å². The van der Waals surface area contributed by atoms with Gasteiger partial charge in [0.25, 0.3) is 5.56 Å². The first-order valence-electron chi connectivity index (χ1n) is 10.4. The van der Waals surface area contributed by atoms with Crippen molar-refractivity contribution in [1.29, 1.82) is 0 Å². The third-order valence-corrected chi connectivity index (χ3v) is 5.91. The molecule has 0 bridgehead atoms. The molecule has 0 aliphatic carbocycles. The van der Waals surface area contributed by atoms with E-state index in [4.69, 9.17) is 21.4 Å². The summed E-state index contributed by atoms with van der Waals surface area (Å²) in [4.78, 5) is 17.9. The molecule has 0 radical (unpaired) electrons. The van der Waals surface area contributed by atoms with Gasteiger partial charge in [0.2, 0.25) is 0 Å². The Morgan fingerprint density at radius 3 is 2.59 bits per heavy atom. The number of aryl methyl sites for hydroxylation is 1. The highest BCUT2D eigenvalue weighted by Gasteiger charge is 2.18. The Morgan fingerprint density at radius 2 is 1.84 bits per heavy atom. The van der Waals surface area contributed by atoms with Crippen LogP contribution >= 0.6 is 11.6 Å². The minimum Gasteiger partial charge on any atom is -0.496 e. The number of benzene rings is 2. The maximum atomic E-state index is 13.3. The van der Waals surface area contributed by atoms with Crippen molar-refractivity contribution in [3.63, 3.8) is 0 Å². The number of rotatable bonds is 5. The van der Waals surface area contributed by atoms with Crippen LogP contribution in [0.2, 0.25) is 5.02 Å². The second-order valence-corrected chi connectivity index (χ2v) is 7.97. The Hall–Kier alpha value is -3.64. The van der Waals surface area contributed by atoms with Gasteiger partial charge in [-0.05, 0) is 36.2 Å². The van der Waals surface area contributed by atoms with E-state index >= 15 is 0 Å². The van der Waals surface area contributed by atoms with Crippen LogP contribution < -0.4 is 10.3 Å². The van der Waals surface area contributed by atoms with Crippen molar-refractivity contribution in [3.05, 3.63) is 93.6 Å². The summed E-state index contributed by atoms with van der Waals surface area (Å²) in [5, 5.41) is 5.99. The number of ether oxygens (including phenoxy) is 1. The molecule has 0 atom stereocenters. The van der Waals surface area contributed by atoms with E-state index < -0.39 is 0 Å². The molecule has 0 spiro atoms. The minimum absolute atomic E-state index is 0.121. The summed E-state index contributed by atoms with van der Waals surface area (Å²) < 4.78 is 8.87. The van der Waals surface area contributed by atoms with Gasteiger partial charge in [0.1, 0.15) is 5.75 Å². The number of methoxy groups -OCH3 is 1. The van der Waals surface area contributed by atoms with E-state index in [-0.39, 0.29) is 5.56 Å². The zero-order chi connectivity index (χ0) is 22.2. The monoisotopic (exact) mass is 444 g/mol. The fourth-order valence-electron chi connectivity index (χ4n) is 4.06. The van der Waals surface area contributed by atoms with Gasteiger partial charge in [-0.25, -0.2) is 9.50 Å². The molecule has 0 aliphatic rings. The van der Waals surface area contributed by atoms with Crippen LogP contribution in [0, 0.1) is 0 Å². The van der Waals surface area contributed by atoms with Crippen LogP contribution in [0.15, 0.2) is 71.8 Å². The highest BCUT2D eigenvalue weighted by atomic mass is 35.5. The van der Waals surface area contributed by atoms with Crippen molar-refractivity contribution >= 4 is 28.2 Å². The Kier molecular flexibility index (Phi) is 5.15. The summed E-state index contributed by atoms with van der Waals surface area (Å²) in [5.41, 5.74) is 5.14. The van der Waals surface area contributed by atoms with Gasteiger partial charge < -0.3 is 9.30 Å². The summed E-state index contributed by atoms with van der Waals surface area (Å²) >= 11 is 6.07. The van der Waals surface area contributed by atoms with Gasteiger partial charge in [-0.3, -0.25) is 4.79 Å². The molecule has 3 aromatic heterocycles. The molecule has 7 heteroatoms. The molecular weight excluding hydrogens is 424 g/mol. The van der Waals surface area contributed by atoms with Crippen molar-refractivity contribution < 1.29 is 4.74 Å². The Morgan fingerprint density at radius 1 is 1.06 bits per heavy atom. The zero-order valence-corrected chi connectivity index (χ0v) is 18.5. The lowest BCUT2D eigenvalue weighted by Crippen LogP contribution is -2.21. The number of nitrogens with zero attached hydrogens (tertiary/aromatic N) is 4. The predicted molar refractivity (Wildman–Crippen MR) is 127 cm³/mol. The average Bonchev–Trinajstić information content (AvgIpc) is 3.21. The van der Waals surface area contributed by atoms with E-state index in [9.17, 15) is 4.79 Å². The van der Waals surface area contributed by atoms with E-state index in [0.29, 0.717) is 17.0 Å². The molecule has 32 heavy (non-hydrogen) atoms. The number of halogens is 1. The highest BCUT2D eigenvalue weighted by Crippen LogP contribution is 2.30. The number of hydrogen-bond donors (Lipinski definition) is 0. The Labute approximate surface area is 189 Å². The number of aromatic nitrogens is 4. The molecule has 0 fully saturated rings. The summed E-state index contributed by atoms with van der Waals surface area (Å²) in [6.45, 7) is 2.47. The smallest absolute Gasteiger partial charge is 0.261 e. The number of fused-ring (bicyclic) bond motifs is 3. The Balaban J connectivity index is 1.67. The second kappa shape index (κ2) is 8.13. The number of pyridine rings is 1. The maximum absolute atomic E-state index is 13.3. The largest absolute Gasteiger partial charge is 0.496 e. The standard InChI is InChI=1S/C25H21ClN4O2/c1-3-20-23(16-8-10-18(26)11-9-16)24-27-14-19-21(30(24)28-20)12-13-29(25(19)31)15-17-6-4-5-7-22(17)32-2/h4-14H,3,15H2,1-2H3. The quantitative estimate of drug-likeness (QED) is 0.383. The Bertz CT molecular complexity index is 1500. The summed E-state index contributed by atoms with van der Waals surface area (Å²) in [5.74, 6) is 0.750. The molecule has 0 unspecified atom stereocenters. The maximum Gasteiger partial charge on any atom is 0.261 e. The fourth-order valence-corrected chi connectivity index (χ4v) is 4.18. The molecule has 160 valence electrons. The lowest BCUT2D eigenvalue weighted by atomic mass is 10.0. The average molecular weight is 445 g/mol. The van der Waals surface area contributed by atoms with Crippen LogP contribution in [-0.4, -0.2) is 26.3 Å². The molecule has 0 N–H and O–H groups in total. The van der Waals surface area contributed by atoms with Crippen molar-refractivity contribution in [1.82, 2.24) is 19.2 Å². The molecule has 0 aliphatic heterocycles. The van der Waals surface area contributed by atoms with Gasteiger partial charge in [-0.1, -0.05) is 48.9 Å². The van der Waals surface area contributed by atoms with Crippen LogP contribution in [0.3, 0.4) is 0 Å². The van der Waals surface area contributed by atoms with Gasteiger partial charge in [0.15, 0.2) is 5.65 Å². The molecule has 0 saturated heterocycles. The molecule has 0 amide bonds. The van der Waals surface area contributed by atoms with Crippen LogP contribution in [-0.2, 0) is 13.0 Å². The number of hydrogen-bond acceptors (Lipinski definition) is 4. The zero-order valence-electron chi connectivity index (χ0n) is 17.7. The topological polar surface area (TPSA) is 61.4 Å². The fraction of sp³-hybridized carbons (Fsp3) is 0.160. The van der Waals surface area contributed by atoms with Crippen molar-refractivity contribution in [2.45, 2.75) is 19.9 Å². The van der Waals surface area contributed by atoms with Gasteiger partial charge >= 0.3 is 0 Å². The lowest BCUT2D eigenvalue weighted by molar-refractivity contribution is 0.408. The summed E-state index contributed by atoms with van der Waals surface area (Å²) in [6, 6.07) is 17.3. The molecule has 5 rings (SSSR count).